The van der Waals surface area contributed by atoms with Gasteiger partial charge in [0.05, 0.1) is 5.69 Å². The van der Waals surface area contributed by atoms with Crippen LogP contribution in [0.15, 0.2) is 30.3 Å². The van der Waals surface area contributed by atoms with Crippen LogP contribution in [0.5, 0.6) is 0 Å². The topological polar surface area (TPSA) is 104 Å². The van der Waals surface area contributed by atoms with Gasteiger partial charge in [0.25, 0.3) is 0 Å². The molecule has 0 saturated carbocycles. The maximum Gasteiger partial charge on any atom is 0.378 e. The van der Waals surface area contributed by atoms with Gasteiger partial charge in [-0.3, -0.25) is 4.55 Å². The van der Waals surface area contributed by atoms with Gasteiger partial charge in [-0.25, -0.2) is 9.80 Å². The van der Waals surface area contributed by atoms with Crippen LogP contribution < -0.4 is 10.1 Å². The predicted octanol–water partition coefficient (Wildman–Crippen LogP) is 0.221. The summed E-state index contributed by atoms with van der Waals surface area (Å²) in [5, 5.41) is 0.588. The van der Waals surface area contributed by atoms with E-state index in [4.69, 9.17) is 10.3 Å². The molecule has 0 unspecified atom stereocenters. The largest absolute Gasteiger partial charge is 0.378 e. The number of urea groups is 1. The van der Waals surface area contributed by atoms with E-state index in [2.05, 4.69) is 0 Å². The zero-order valence-electron chi connectivity index (χ0n) is 8.44. The van der Waals surface area contributed by atoms with Crippen LogP contribution in [0.3, 0.4) is 0 Å². The first-order valence-corrected chi connectivity index (χ1v) is 5.59. The number of nitrogens with zero attached hydrogens (tertiary/aromatic N) is 2. The average molecular weight is 245 g/mol. The third kappa shape index (κ3) is 2.61. The lowest BCUT2D eigenvalue weighted by molar-refractivity contribution is 0.219. The molecule has 3 N–H and O–H groups in total. The Hall–Kier alpha value is -1.80. The van der Waals surface area contributed by atoms with Gasteiger partial charge < -0.3 is 5.73 Å². The Morgan fingerprint density at radius 2 is 1.81 bits per heavy atom. The number of carbonyl (C=O) groups excluding carboxylic acids is 1. The van der Waals surface area contributed by atoms with Crippen LogP contribution >= 0.6 is 0 Å². The lowest BCUT2D eigenvalue weighted by atomic mass is 10.3. The lowest BCUT2D eigenvalue weighted by Crippen LogP contribution is -2.49. The van der Waals surface area contributed by atoms with E-state index in [0.29, 0.717) is 9.42 Å². The van der Waals surface area contributed by atoms with Crippen LogP contribution in [-0.2, 0) is 10.3 Å². The van der Waals surface area contributed by atoms with Crippen molar-refractivity contribution in [1.82, 2.24) is 5.01 Å². The molecule has 0 bridgehead atoms. The molecular weight excluding hydrogens is 234 g/mol. The second kappa shape index (κ2) is 4.37. The Kier molecular flexibility index (Phi) is 3.35. The first-order chi connectivity index (χ1) is 7.34. The van der Waals surface area contributed by atoms with Crippen molar-refractivity contribution in [1.29, 1.82) is 0 Å². The maximum absolute atomic E-state index is 11.1. The molecule has 0 aromatic heterocycles. The SMILES string of the molecule is CN(C(N)=O)N(c1ccccc1)S(=O)(=O)O. The fraction of sp³-hybridized carbons (Fsp3) is 0.125. The normalized spacial score (nSPS) is 10.9. The van der Waals surface area contributed by atoms with E-state index in [1.807, 2.05) is 0 Å². The molecule has 0 radical (unpaired) electrons. The summed E-state index contributed by atoms with van der Waals surface area (Å²) in [5.74, 6) is 0. The van der Waals surface area contributed by atoms with Crippen molar-refractivity contribution in [2.24, 2.45) is 5.73 Å². The smallest absolute Gasteiger partial charge is 0.350 e. The molecule has 88 valence electrons. The number of rotatable bonds is 3. The molecule has 7 nitrogen and oxygen atoms in total. The van der Waals surface area contributed by atoms with Crippen LogP contribution in [0.1, 0.15) is 0 Å². The molecule has 0 atom stereocenters. The Balaban J connectivity index is 3.23. The third-order valence-electron chi connectivity index (χ3n) is 1.79. The van der Waals surface area contributed by atoms with Crippen molar-refractivity contribution in [2.75, 3.05) is 11.5 Å². The van der Waals surface area contributed by atoms with Crippen LogP contribution in [0.4, 0.5) is 10.5 Å². The van der Waals surface area contributed by atoms with Crippen LogP contribution in [0.25, 0.3) is 0 Å². The Labute approximate surface area is 92.9 Å². The summed E-state index contributed by atoms with van der Waals surface area (Å²) >= 11 is 0. The predicted molar refractivity (Wildman–Crippen MR) is 57.8 cm³/mol. The van der Waals surface area contributed by atoms with Gasteiger partial charge in [-0.1, -0.05) is 18.2 Å². The second-order valence-electron chi connectivity index (χ2n) is 2.92. The first kappa shape index (κ1) is 12.3. The van der Waals surface area contributed by atoms with E-state index in [-0.39, 0.29) is 5.69 Å². The minimum absolute atomic E-state index is 0.103. The Bertz CT molecular complexity index is 473. The van der Waals surface area contributed by atoms with E-state index in [1.165, 1.54) is 12.1 Å². The number of primary amides is 1. The number of anilines is 1. The molecule has 0 saturated heterocycles. The number of nitrogens with two attached hydrogens (primary N) is 1. The Morgan fingerprint density at radius 3 is 2.19 bits per heavy atom. The van der Waals surface area contributed by atoms with E-state index in [0.717, 1.165) is 7.05 Å². The molecule has 0 aliphatic carbocycles. The van der Waals surface area contributed by atoms with Gasteiger partial charge in [0, 0.05) is 7.05 Å². The average Bonchev–Trinajstić information content (AvgIpc) is 2.17. The number of hydrogen-bond acceptors (Lipinski definition) is 3. The summed E-state index contributed by atoms with van der Waals surface area (Å²) in [5.41, 5.74) is 5.04. The first-order valence-electron chi connectivity index (χ1n) is 4.20. The number of amides is 2. The van der Waals surface area contributed by atoms with Gasteiger partial charge in [0.15, 0.2) is 0 Å². The zero-order valence-corrected chi connectivity index (χ0v) is 9.26. The van der Waals surface area contributed by atoms with Crippen molar-refractivity contribution in [3.8, 4) is 0 Å². The van der Waals surface area contributed by atoms with Crippen LogP contribution in [0, 0.1) is 0 Å². The van der Waals surface area contributed by atoms with E-state index >= 15 is 0 Å². The lowest BCUT2D eigenvalue weighted by Gasteiger charge is -2.28. The molecule has 0 spiro atoms. The van der Waals surface area contributed by atoms with Crippen molar-refractivity contribution in [3.05, 3.63) is 30.3 Å². The number of benzene rings is 1. The maximum atomic E-state index is 11.1. The molecule has 1 aromatic carbocycles. The molecular formula is C8H11N3O4S. The monoisotopic (exact) mass is 245 g/mol. The number of carbonyl (C=O) groups is 1. The highest BCUT2D eigenvalue weighted by Crippen LogP contribution is 2.17. The summed E-state index contributed by atoms with van der Waals surface area (Å²) < 4.78 is 31.6. The summed E-state index contributed by atoms with van der Waals surface area (Å²) in [6.07, 6.45) is 0. The molecule has 1 rings (SSSR count). The van der Waals surface area contributed by atoms with Crippen molar-refractivity contribution >= 4 is 22.0 Å². The van der Waals surface area contributed by atoms with Gasteiger partial charge in [0.1, 0.15) is 0 Å². The summed E-state index contributed by atoms with van der Waals surface area (Å²) in [7, 11) is -3.48. The summed E-state index contributed by atoms with van der Waals surface area (Å²) in [4.78, 5) is 10.9. The van der Waals surface area contributed by atoms with Gasteiger partial charge in [-0.15, -0.1) is 0 Å². The molecule has 1 aromatic rings. The highest BCUT2D eigenvalue weighted by molar-refractivity contribution is 7.87. The fourth-order valence-electron chi connectivity index (χ4n) is 1.11. The molecule has 0 aliphatic heterocycles. The second-order valence-corrected chi connectivity index (χ2v) is 4.16. The molecule has 8 heteroatoms. The van der Waals surface area contributed by atoms with Gasteiger partial charge in [-0.05, 0) is 12.1 Å². The number of para-hydroxylation sites is 1. The van der Waals surface area contributed by atoms with Crippen LogP contribution in [0.2, 0.25) is 0 Å². The quantitative estimate of drug-likeness (QED) is 0.587. The molecule has 2 amide bonds. The number of hydrogen-bond donors (Lipinski definition) is 2. The fourth-order valence-corrected chi connectivity index (χ4v) is 1.88. The highest BCUT2D eigenvalue weighted by Gasteiger charge is 2.26. The standard InChI is InChI=1S/C8H11N3O4S/c1-10(8(9)12)11(16(13,14)15)7-5-3-2-4-6-7/h2-6H,1H3,(H2,9,12)(H,13,14,15). The molecule has 16 heavy (non-hydrogen) atoms. The van der Waals surface area contributed by atoms with Crippen molar-refractivity contribution in [3.63, 3.8) is 0 Å². The van der Waals surface area contributed by atoms with E-state index < -0.39 is 16.3 Å². The zero-order chi connectivity index (χ0) is 12.3. The highest BCUT2D eigenvalue weighted by atomic mass is 32.2. The molecule has 0 fully saturated rings. The van der Waals surface area contributed by atoms with Gasteiger partial charge in [0.2, 0.25) is 0 Å². The van der Waals surface area contributed by atoms with Crippen molar-refractivity contribution in [2.45, 2.75) is 0 Å². The molecule has 0 heterocycles. The minimum Gasteiger partial charge on any atom is -0.350 e. The Morgan fingerprint density at radius 1 is 1.31 bits per heavy atom. The van der Waals surface area contributed by atoms with Crippen LogP contribution in [-0.4, -0.2) is 31.1 Å². The van der Waals surface area contributed by atoms with E-state index in [1.54, 1.807) is 18.2 Å². The summed E-state index contributed by atoms with van der Waals surface area (Å²) in [6, 6.07) is 6.59. The van der Waals surface area contributed by atoms with Crippen molar-refractivity contribution < 1.29 is 17.8 Å². The minimum atomic E-state index is -4.60. The number of hydrazine groups is 1. The van der Waals surface area contributed by atoms with E-state index in [9.17, 15) is 13.2 Å². The van der Waals surface area contributed by atoms with Gasteiger partial charge >= 0.3 is 16.3 Å². The summed E-state index contributed by atoms with van der Waals surface area (Å²) in [6.45, 7) is 0. The van der Waals surface area contributed by atoms with Gasteiger partial charge in [-0.2, -0.15) is 12.8 Å². The third-order valence-corrected chi connectivity index (χ3v) is 2.68. The molecule has 0 aliphatic rings.